The van der Waals surface area contributed by atoms with Crippen molar-refractivity contribution in [2.45, 2.75) is 64.7 Å². The first kappa shape index (κ1) is 20.6. The van der Waals surface area contributed by atoms with Gasteiger partial charge in [0.15, 0.2) is 0 Å². The monoisotopic (exact) mass is 311 g/mol. The van der Waals surface area contributed by atoms with Crippen molar-refractivity contribution in [1.82, 2.24) is 10.6 Å². The third kappa shape index (κ3) is 13.6. The maximum Gasteiger partial charge on any atom is 0.246 e. The summed E-state index contributed by atoms with van der Waals surface area (Å²) in [7, 11) is 0. The van der Waals surface area contributed by atoms with Crippen LogP contribution in [0.3, 0.4) is 0 Å². The van der Waals surface area contributed by atoms with Crippen LogP contribution in [0.2, 0.25) is 0 Å². The standard InChI is InChI=1S/C17H33N3O2/c1-15(2)17(22)20-14-10-13-19-16(21)11-8-6-4-3-5-7-9-12-18/h1,3-14,18H2,2H3,(H,19,21)(H,20,22). The van der Waals surface area contributed by atoms with E-state index in [0.717, 1.165) is 32.2 Å². The number of amides is 2. The van der Waals surface area contributed by atoms with E-state index in [2.05, 4.69) is 17.2 Å². The van der Waals surface area contributed by atoms with Gasteiger partial charge in [0.05, 0.1) is 0 Å². The lowest BCUT2D eigenvalue weighted by Gasteiger charge is -2.07. The molecule has 4 N–H and O–H groups in total. The Morgan fingerprint density at radius 1 is 0.864 bits per heavy atom. The minimum atomic E-state index is -0.127. The first-order chi connectivity index (χ1) is 10.6. The Hall–Kier alpha value is -1.36. The summed E-state index contributed by atoms with van der Waals surface area (Å²) in [4.78, 5) is 22.8. The molecule has 5 heteroatoms. The molecule has 0 spiro atoms. The lowest BCUT2D eigenvalue weighted by atomic mass is 10.1. The summed E-state index contributed by atoms with van der Waals surface area (Å²) in [6.45, 7) is 7.20. The number of carbonyl (C=O) groups excluding carboxylic acids is 2. The average molecular weight is 311 g/mol. The lowest BCUT2D eigenvalue weighted by molar-refractivity contribution is -0.121. The van der Waals surface area contributed by atoms with Crippen molar-refractivity contribution in [1.29, 1.82) is 0 Å². The highest BCUT2D eigenvalue weighted by Gasteiger charge is 2.02. The van der Waals surface area contributed by atoms with Crippen LogP contribution in [-0.4, -0.2) is 31.4 Å². The number of rotatable bonds is 14. The SMILES string of the molecule is C=C(C)C(=O)NCCCNC(=O)CCCCCCCCCN. The molecule has 0 aromatic rings. The van der Waals surface area contributed by atoms with Crippen molar-refractivity contribution >= 4 is 11.8 Å². The fourth-order valence-electron chi connectivity index (χ4n) is 2.07. The molecule has 0 aliphatic rings. The highest BCUT2D eigenvalue weighted by atomic mass is 16.2. The Labute approximate surface area is 135 Å². The van der Waals surface area contributed by atoms with E-state index in [-0.39, 0.29) is 11.8 Å². The molecule has 128 valence electrons. The number of nitrogens with two attached hydrogens (primary N) is 1. The number of unbranched alkanes of at least 4 members (excludes halogenated alkanes) is 6. The molecule has 0 heterocycles. The van der Waals surface area contributed by atoms with Crippen molar-refractivity contribution < 1.29 is 9.59 Å². The smallest absolute Gasteiger partial charge is 0.246 e. The largest absolute Gasteiger partial charge is 0.356 e. The minimum Gasteiger partial charge on any atom is -0.356 e. The molecule has 0 rings (SSSR count). The highest BCUT2D eigenvalue weighted by molar-refractivity contribution is 5.92. The molecule has 0 aliphatic carbocycles. The van der Waals surface area contributed by atoms with E-state index in [1.165, 1.54) is 25.7 Å². The second-order valence-electron chi connectivity index (χ2n) is 5.75. The zero-order chi connectivity index (χ0) is 16.6. The Morgan fingerprint density at radius 3 is 2.00 bits per heavy atom. The van der Waals surface area contributed by atoms with Crippen molar-refractivity contribution in [3.05, 3.63) is 12.2 Å². The van der Waals surface area contributed by atoms with Gasteiger partial charge in [-0.15, -0.1) is 0 Å². The summed E-state index contributed by atoms with van der Waals surface area (Å²) in [5.41, 5.74) is 5.95. The second kappa shape index (κ2) is 14.6. The molecule has 0 aliphatic heterocycles. The van der Waals surface area contributed by atoms with Gasteiger partial charge in [-0.05, 0) is 32.7 Å². The van der Waals surface area contributed by atoms with Gasteiger partial charge in [-0.1, -0.05) is 38.7 Å². The van der Waals surface area contributed by atoms with E-state index >= 15 is 0 Å². The van der Waals surface area contributed by atoms with Crippen molar-refractivity contribution in [3.63, 3.8) is 0 Å². The van der Waals surface area contributed by atoms with Crippen LogP contribution in [0.5, 0.6) is 0 Å². The maximum atomic E-state index is 11.6. The predicted molar refractivity (Wildman–Crippen MR) is 91.4 cm³/mol. The van der Waals surface area contributed by atoms with Gasteiger partial charge >= 0.3 is 0 Å². The Balaban J connectivity index is 3.29. The molecule has 0 fully saturated rings. The van der Waals surface area contributed by atoms with Crippen molar-refractivity contribution in [2.24, 2.45) is 5.73 Å². The van der Waals surface area contributed by atoms with Gasteiger partial charge in [-0.2, -0.15) is 0 Å². The molecule has 0 atom stereocenters. The lowest BCUT2D eigenvalue weighted by Crippen LogP contribution is -2.29. The number of carbonyl (C=O) groups is 2. The molecule has 0 bridgehead atoms. The van der Waals surface area contributed by atoms with Crippen LogP contribution in [0, 0.1) is 0 Å². The molecule has 0 radical (unpaired) electrons. The van der Waals surface area contributed by atoms with Crippen LogP contribution >= 0.6 is 0 Å². The summed E-state index contributed by atoms with van der Waals surface area (Å²) in [5, 5.41) is 5.62. The Bertz CT molecular complexity index is 330. The van der Waals surface area contributed by atoms with Crippen LogP contribution in [0.15, 0.2) is 12.2 Å². The summed E-state index contributed by atoms with van der Waals surface area (Å²) >= 11 is 0. The normalized spacial score (nSPS) is 10.3. The number of nitrogens with one attached hydrogen (secondary N) is 2. The average Bonchev–Trinajstić information content (AvgIpc) is 2.49. The van der Waals surface area contributed by atoms with Crippen molar-refractivity contribution in [2.75, 3.05) is 19.6 Å². The van der Waals surface area contributed by atoms with Crippen LogP contribution in [0.25, 0.3) is 0 Å². The molecule has 22 heavy (non-hydrogen) atoms. The zero-order valence-corrected chi connectivity index (χ0v) is 14.1. The number of hydrogen-bond donors (Lipinski definition) is 3. The molecular formula is C17H33N3O2. The van der Waals surface area contributed by atoms with E-state index in [9.17, 15) is 9.59 Å². The van der Waals surface area contributed by atoms with Crippen molar-refractivity contribution in [3.8, 4) is 0 Å². The van der Waals surface area contributed by atoms with Gasteiger partial charge in [-0.3, -0.25) is 9.59 Å². The van der Waals surface area contributed by atoms with Crippen LogP contribution in [0.1, 0.15) is 64.7 Å². The quantitative estimate of drug-likeness (QED) is 0.340. The maximum absolute atomic E-state index is 11.6. The number of hydrogen-bond acceptors (Lipinski definition) is 3. The highest BCUT2D eigenvalue weighted by Crippen LogP contribution is 2.08. The Kier molecular flexibility index (Phi) is 13.7. The minimum absolute atomic E-state index is 0.106. The van der Waals surface area contributed by atoms with Gasteiger partial charge < -0.3 is 16.4 Å². The molecule has 0 saturated heterocycles. The van der Waals surface area contributed by atoms with E-state index in [0.29, 0.717) is 25.1 Å². The zero-order valence-electron chi connectivity index (χ0n) is 14.1. The summed E-state index contributed by atoms with van der Waals surface area (Å²) < 4.78 is 0. The Morgan fingerprint density at radius 2 is 1.41 bits per heavy atom. The first-order valence-electron chi connectivity index (χ1n) is 8.48. The summed E-state index contributed by atoms with van der Waals surface area (Å²) in [5.74, 6) is -0.0212. The topological polar surface area (TPSA) is 84.2 Å². The van der Waals surface area contributed by atoms with Crippen LogP contribution in [-0.2, 0) is 9.59 Å². The van der Waals surface area contributed by atoms with E-state index < -0.39 is 0 Å². The predicted octanol–water partition coefficient (Wildman–Crippen LogP) is 2.26. The summed E-state index contributed by atoms with van der Waals surface area (Å²) in [6, 6.07) is 0. The molecule has 0 aromatic heterocycles. The third-order valence-electron chi connectivity index (χ3n) is 3.46. The molecule has 0 aromatic carbocycles. The molecule has 0 saturated carbocycles. The molecule has 2 amide bonds. The van der Waals surface area contributed by atoms with Gasteiger partial charge in [0.25, 0.3) is 0 Å². The first-order valence-corrected chi connectivity index (χ1v) is 8.48. The fourth-order valence-corrected chi connectivity index (χ4v) is 2.07. The third-order valence-corrected chi connectivity index (χ3v) is 3.46. The van der Waals surface area contributed by atoms with E-state index in [1.807, 2.05) is 0 Å². The van der Waals surface area contributed by atoms with Gasteiger partial charge in [0.2, 0.25) is 11.8 Å². The van der Waals surface area contributed by atoms with Gasteiger partial charge in [0.1, 0.15) is 0 Å². The van der Waals surface area contributed by atoms with Crippen LogP contribution in [0.4, 0.5) is 0 Å². The fraction of sp³-hybridized carbons (Fsp3) is 0.765. The van der Waals surface area contributed by atoms with E-state index in [4.69, 9.17) is 5.73 Å². The van der Waals surface area contributed by atoms with Crippen LogP contribution < -0.4 is 16.4 Å². The second-order valence-corrected chi connectivity index (χ2v) is 5.75. The van der Waals surface area contributed by atoms with Gasteiger partial charge in [0, 0.05) is 25.1 Å². The molecule has 5 nitrogen and oxygen atoms in total. The van der Waals surface area contributed by atoms with Gasteiger partial charge in [-0.25, -0.2) is 0 Å². The molecule has 0 unspecified atom stereocenters. The summed E-state index contributed by atoms with van der Waals surface area (Å²) in [6.07, 6.45) is 9.44. The molecular weight excluding hydrogens is 278 g/mol. The van der Waals surface area contributed by atoms with E-state index in [1.54, 1.807) is 6.92 Å².